The van der Waals surface area contributed by atoms with Gasteiger partial charge in [0, 0.05) is 11.3 Å². The molecule has 1 saturated carbocycles. The van der Waals surface area contributed by atoms with Crippen LogP contribution in [0, 0.1) is 0 Å². The summed E-state index contributed by atoms with van der Waals surface area (Å²) in [4.78, 5) is 24.0. The lowest BCUT2D eigenvalue weighted by molar-refractivity contribution is -0.145. The number of carbonyl (C=O) groups excluding carboxylic acids is 1. The molecule has 2 aliphatic heterocycles. The highest BCUT2D eigenvalue weighted by molar-refractivity contribution is 8.23. The average molecular weight is 272 g/mol. The van der Waals surface area contributed by atoms with Crippen LogP contribution in [-0.4, -0.2) is 38.5 Å². The number of nitrogens with two attached hydrogens (primary N) is 1. The van der Waals surface area contributed by atoms with E-state index < -0.39 is 5.97 Å². The molecule has 0 aromatic rings. The third kappa shape index (κ3) is 1.76. The summed E-state index contributed by atoms with van der Waals surface area (Å²) < 4.78 is 0.783. The molecule has 17 heavy (non-hydrogen) atoms. The molecule has 0 bridgehead atoms. The molecule has 3 N–H and O–H groups in total. The third-order valence-electron chi connectivity index (χ3n) is 3.19. The molecular formula is C10H12N2O3S2. The van der Waals surface area contributed by atoms with Crippen molar-refractivity contribution in [1.29, 1.82) is 0 Å². The predicted molar refractivity (Wildman–Crippen MR) is 66.1 cm³/mol. The van der Waals surface area contributed by atoms with Crippen LogP contribution in [0.15, 0.2) is 9.93 Å². The highest BCUT2D eigenvalue weighted by Gasteiger charge is 2.49. The predicted octanol–water partition coefficient (Wildman–Crippen LogP) is 0.768. The van der Waals surface area contributed by atoms with Crippen molar-refractivity contribution >= 4 is 35.4 Å². The number of hydrogen-bond donors (Lipinski definition) is 2. The van der Waals surface area contributed by atoms with E-state index in [-0.39, 0.29) is 23.0 Å². The van der Waals surface area contributed by atoms with Gasteiger partial charge in [-0.05, 0) is 12.8 Å². The molecule has 0 aromatic carbocycles. The normalized spacial score (nSPS) is 35.5. The molecule has 1 amide bonds. The summed E-state index contributed by atoms with van der Waals surface area (Å²) in [7, 11) is 0. The number of carboxylic acids is 1. The van der Waals surface area contributed by atoms with Gasteiger partial charge in [0.2, 0.25) is 5.91 Å². The van der Waals surface area contributed by atoms with E-state index in [2.05, 4.69) is 0 Å². The van der Waals surface area contributed by atoms with Gasteiger partial charge in [-0.25, -0.2) is 4.79 Å². The van der Waals surface area contributed by atoms with Gasteiger partial charge in [0.05, 0.1) is 16.0 Å². The topological polar surface area (TPSA) is 83.6 Å². The zero-order valence-corrected chi connectivity index (χ0v) is 10.6. The van der Waals surface area contributed by atoms with Crippen LogP contribution in [0.3, 0.4) is 0 Å². The van der Waals surface area contributed by atoms with Crippen LogP contribution in [0.25, 0.3) is 0 Å². The van der Waals surface area contributed by atoms with Crippen molar-refractivity contribution in [3.05, 3.63) is 9.93 Å². The summed E-state index contributed by atoms with van der Waals surface area (Å²) in [6.45, 7) is 0. The molecule has 3 rings (SSSR count). The molecule has 7 heteroatoms. The maximum atomic E-state index is 11.4. The van der Waals surface area contributed by atoms with Crippen LogP contribution in [0.2, 0.25) is 0 Å². The largest absolute Gasteiger partial charge is 0.477 e. The standard InChI is InChI=1S/C10H12N2O3S2/c11-4-1-5(2-4)16-10-8(9(14)15)12-6(13)3-7(12)17-10/h4-5,7H,1-3,11H2,(H,14,15)/t4?,5?,7-/m0/s1. The fourth-order valence-corrected chi connectivity index (χ4v) is 5.51. The highest BCUT2D eigenvalue weighted by atomic mass is 32.2. The lowest BCUT2D eigenvalue weighted by Crippen LogP contribution is -2.48. The molecule has 0 spiro atoms. The molecule has 2 heterocycles. The number of nitrogens with zero attached hydrogens (tertiary/aromatic N) is 1. The first-order valence-electron chi connectivity index (χ1n) is 5.45. The van der Waals surface area contributed by atoms with Gasteiger partial charge in [0.25, 0.3) is 0 Å². The van der Waals surface area contributed by atoms with Crippen LogP contribution in [0.5, 0.6) is 0 Å². The second-order valence-electron chi connectivity index (χ2n) is 4.45. The maximum absolute atomic E-state index is 11.4. The zero-order valence-electron chi connectivity index (χ0n) is 8.96. The molecular weight excluding hydrogens is 260 g/mol. The van der Waals surface area contributed by atoms with Crippen molar-refractivity contribution in [3.8, 4) is 0 Å². The minimum Gasteiger partial charge on any atom is -0.477 e. The van der Waals surface area contributed by atoms with Crippen LogP contribution < -0.4 is 5.73 Å². The molecule has 5 nitrogen and oxygen atoms in total. The van der Waals surface area contributed by atoms with Crippen molar-refractivity contribution in [2.75, 3.05) is 0 Å². The van der Waals surface area contributed by atoms with Gasteiger partial charge >= 0.3 is 5.97 Å². The minimum absolute atomic E-state index is 0.0184. The number of β-lactam (4-membered cyclic amide) rings is 1. The van der Waals surface area contributed by atoms with Gasteiger partial charge in [-0.15, -0.1) is 11.8 Å². The monoisotopic (exact) mass is 272 g/mol. The Kier molecular flexibility index (Phi) is 2.64. The van der Waals surface area contributed by atoms with Gasteiger partial charge in [-0.1, -0.05) is 11.8 Å². The van der Waals surface area contributed by atoms with Crippen molar-refractivity contribution < 1.29 is 14.7 Å². The number of thioether (sulfide) groups is 2. The third-order valence-corrected chi connectivity index (χ3v) is 5.95. The first kappa shape index (κ1) is 11.4. The van der Waals surface area contributed by atoms with Gasteiger partial charge in [0.15, 0.2) is 5.70 Å². The summed E-state index contributed by atoms with van der Waals surface area (Å²) in [6.07, 6.45) is 2.32. The fraction of sp³-hybridized carbons (Fsp3) is 0.600. The van der Waals surface area contributed by atoms with Gasteiger partial charge in [-0.3, -0.25) is 9.69 Å². The quantitative estimate of drug-likeness (QED) is 0.738. The molecule has 1 saturated heterocycles. The summed E-state index contributed by atoms with van der Waals surface area (Å²) >= 11 is 3.08. The Labute approximate surface area is 107 Å². The van der Waals surface area contributed by atoms with Gasteiger partial charge < -0.3 is 10.8 Å². The molecule has 3 aliphatic rings. The van der Waals surface area contributed by atoms with Crippen molar-refractivity contribution in [1.82, 2.24) is 4.90 Å². The number of hydrogen-bond acceptors (Lipinski definition) is 5. The second-order valence-corrected chi connectivity index (χ2v) is 7.21. The lowest BCUT2D eigenvalue weighted by atomic mass is 9.94. The Morgan fingerprint density at radius 2 is 2.24 bits per heavy atom. The van der Waals surface area contributed by atoms with E-state index in [1.54, 1.807) is 11.8 Å². The summed E-state index contributed by atoms with van der Waals surface area (Å²) in [5, 5.41) is 9.61. The second kappa shape index (κ2) is 3.93. The average Bonchev–Trinajstić information content (AvgIpc) is 2.49. The van der Waals surface area contributed by atoms with E-state index >= 15 is 0 Å². The molecule has 2 fully saturated rings. The summed E-state index contributed by atoms with van der Waals surface area (Å²) in [6, 6.07) is 0.256. The maximum Gasteiger partial charge on any atom is 0.354 e. The first-order valence-corrected chi connectivity index (χ1v) is 7.20. The molecule has 0 radical (unpaired) electrons. The van der Waals surface area contributed by atoms with Crippen molar-refractivity contribution in [2.24, 2.45) is 5.73 Å². The van der Waals surface area contributed by atoms with Crippen LogP contribution in [0.4, 0.5) is 0 Å². The zero-order chi connectivity index (χ0) is 12.2. The van der Waals surface area contributed by atoms with E-state index in [1.165, 1.54) is 16.7 Å². The van der Waals surface area contributed by atoms with Crippen molar-refractivity contribution in [3.63, 3.8) is 0 Å². The Morgan fingerprint density at radius 1 is 1.53 bits per heavy atom. The fourth-order valence-electron chi connectivity index (χ4n) is 2.16. The number of amides is 1. The van der Waals surface area contributed by atoms with Gasteiger partial charge in [-0.2, -0.15) is 0 Å². The highest BCUT2D eigenvalue weighted by Crippen LogP contribution is 2.53. The van der Waals surface area contributed by atoms with Gasteiger partial charge in [0.1, 0.15) is 0 Å². The van der Waals surface area contributed by atoms with E-state index in [0.29, 0.717) is 11.7 Å². The Hall–Kier alpha value is -0.660. The summed E-state index contributed by atoms with van der Waals surface area (Å²) in [5.41, 5.74) is 5.89. The van der Waals surface area contributed by atoms with Crippen LogP contribution in [0.1, 0.15) is 19.3 Å². The number of fused-ring (bicyclic) bond motifs is 1. The van der Waals surface area contributed by atoms with E-state index in [1.807, 2.05) is 0 Å². The van der Waals surface area contributed by atoms with Crippen LogP contribution in [-0.2, 0) is 9.59 Å². The van der Waals surface area contributed by atoms with E-state index in [9.17, 15) is 14.7 Å². The molecule has 1 atom stereocenters. The van der Waals surface area contributed by atoms with Crippen LogP contribution >= 0.6 is 23.5 Å². The number of carboxylic acid groups (broad SMARTS) is 1. The molecule has 0 unspecified atom stereocenters. The number of rotatable bonds is 3. The molecule has 0 aromatic heterocycles. The number of aliphatic carboxylic acids is 1. The van der Waals surface area contributed by atoms with Crippen molar-refractivity contribution in [2.45, 2.75) is 35.9 Å². The Balaban J connectivity index is 1.77. The number of carbonyl (C=O) groups is 2. The minimum atomic E-state index is -1.00. The Bertz CT molecular complexity index is 431. The van der Waals surface area contributed by atoms with E-state index in [4.69, 9.17) is 5.73 Å². The summed E-state index contributed by atoms with van der Waals surface area (Å²) in [5.74, 6) is -1.08. The first-order chi connectivity index (χ1) is 8.06. The molecule has 92 valence electrons. The smallest absolute Gasteiger partial charge is 0.354 e. The molecule has 1 aliphatic carbocycles. The Morgan fingerprint density at radius 3 is 2.76 bits per heavy atom. The lowest BCUT2D eigenvalue weighted by Gasteiger charge is -2.33. The SMILES string of the molecule is NC1CC(SC2=C(C(=O)O)N3C(=O)C[C@@H]3S2)C1. The van der Waals surface area contributed by atoms with E-state index in [0.717, 1.165) is 17.1 Å².